The van der Waals surface area contributed by atoms with E-state index in [0.29, 0.717) is 24.7 Å². The average Bonchev–Trinajstić information content (AvgIpc) is 2.80. The molecule has 0 aromatic carbocycles. The average molecular weight is 484 g/mol. The largest absolute Gasteiger partial charge is 0.384 e. The Bertz CT molecular complexity index is 1210. The van der Waals surface area contributed by atoms with E-state index in [9.17, 15) is 22.8 Å². The van der Waals surface area contributed by atoms with Crippen molar-refractivity contribution in [3.63, 3.8) is 0 Å². The van der Waals surface area contributed by atoms with Crippen LogP contribution >= 0.6 is 11.8 Å². The molecular formula is C19H25N5O6S2. The first-order valence-electron chi connectivity index (χ1n) is 9.97. The zero-order valence-corrected chi connectivity index (χ0v) is 19.4. The predicted octanol–water partition coefficient (Wildman–Crippen LogP) is -0.0699. The summed E-state index contributed by atoms with van der Waals surface area (Å²) >= 11 is 1.04. The van der Waals surface area contributed by atoms with E-state index in [4.69, 9.17) is 10.5 Å². The molecule has 11 nitrogen and oxygen atoms in total. The monoisotopic (exact) mass is 483 g/mol. The number of nitrogens with zero attached hydrogens (tertiary/aromatic N) is 4. The third-order valence-corrected chi connectivity index (χ3v) is 7.80. The number of sulfonamides is 1. The molecule has 2 N–H and O–H groups in total. The highest BCUT2D eigenvalue weighted by Crippen LogP contribution is 2.21. The summed E-state index contributed by atoms with van der Waals surface area (Å²) in [6, 6.07) is 2.93. The van der Waals surface area contributed by atoms with Gasteiger partial charge < -0.3 is 10.5 Å². The number of rotatable bonds is 8. The molecule has 0 atom stereocenters. The van der Waals surface area contributed by atoms with Gasteiger partial charge in [0.25, 0.3) is 5.56 Å². The van der Waals surface area contributed by atoms with Crippen LogP contribution in [0.25, 0.3) is 0 Å². The van der Waals surface area contributed by atoms with Gasteiger partial charge in [-0.1, -0.05) is 18.7 Å². The highest BCUT2D eigenvalue weighted by atomic mass is 32.2. The number of aromatic nitrogens is 3. The van der Waals surface area contributed by atoms with E-state index in [0.717, 1.165) is 16.3 Å². The lowest BCUT2D eigenvalue weighted by Crippen LogP contribution is -2.42. The molecule has 2 aromatic rings. The Morgan fingerprint density at radius 3 is 2.53 bits per heavy atom. The van der Waals surface area contributed by atoms with E-state index in [1.165, 1.54) is 34.2 Å². The van der Waals surface area contributed by atoms with Gasteiger partial charge >= 0.3 is 5.69 Å². The van der Waals surface area contributed by atoms with Gasteiger partial charge in [-0.25, -0.2) is 18.2 Å². The van der Waals surface area contributed by atoms with Crippen LogP contribution in [0.5, 0.6) is 0 Å². The fourth-order valence-electron chi connectivity index (χ4n) is 3.24. The molecule has 0 aliphatic carbocycles. The summed E-state index contributed by atoms with van der Waals surface area (Å²) in [5, 5.41) is 0.413. The van der Waals surface area contributed by atoms with Crippen LogP contribution < -0.4 is 17.0 Å². The lowest BCUT2D eigenvalue weighted by Gasteiger charge is -2.25. The molecule has 0 saturated carbocycles. The maximum atomic E-state index is 12.7. The van der Waals surface area contributed by atoms with E-state index in [2.05, 4.69) is 4.98 Å². The normalized spacial score (nSPS) is 15.1. The summed E-state index contributed by atoms with van der Waals surface area (Å²) in [5.41, 5.74) is 4.42. The Morgan fingerprint density at radius 1 is 1.25 bits per heavy atom. The summed E-state index contributed by atoms with van der Waals surface area (Å²) in [5.74, 6) is -0.831. The number of carbonyl (C=O) groups is 1. The van der Waals surface area contributed by atoms with Gasteiger partial charge in [0.15, 0.2) is 5.78 Å². The smallest absolute Gasteiger partial charge is 0.332 e. The minimum absolute atomic E-state index is 0.0554. The standard InChI is InChI=1S/C19H25N5O6S2/c1-3-6-24-17(20)16(18(26)22(2)19(24)27)14(25)12-31-15-5-4-13(11-21-15)32(28,29)23-7-9-30-10-8-23/h4-5,11H,3,6-10,12,20H2,1-2H3. The van der Waals surface area contributed by atoms with Crippen molar-refractivity contribution in [2.75, 3.05) is 37.8 Å². The number of hydrogen-bond acceptors (Lipinski definition) is 9. The van der Waals surface area contributed by atoms with Crippen molar-refractivity contribution in [1.29, 1.82) is 0 Å². The van der Waals surface area contributed by atoms with Crippen molar-refractivity contribution < 1.29 is 17.9 Å². The van der Waals surface area contributed by atoms with Crippen molar-refractivity contribution in [1.82, 2.24) is 18.4 Å². The van der Waals surface area contributed by atoms with Crippen molar-refractivity contribution >= 4 is 33.4 Å². The van der Waals surface area contributed by atoms with Gasteiger partial charge in [-0.2, -0.15) is 4.31 Å². The number of anilines is 1. The Kier molecular flexibility index (Phi) is 7.54. The number of ketones is 1. The van der Waals surface area contributed by atoms with Gasteiger partial charge in [0, 0.05) is 32.9 Å². The minimum atomic E-state index is -3.66. The molecule has 13 heteroatoms. The number of nitrogen functional groups attached to an aromatic ring is 1. The zero-order chi connectivity index (χ0) is 23.5. The van der Waals surface area contributed by atoms with Gasteiger partial charge in [-0.05, 0) is 18.6 Å². The third-order valence-electron chi connectivity index (χ3n) is 4.98. The molecule has 2 aromatic heterocycles. The molecule has 0 unspecified atom stereocenters. The van der Waals surface area contributed by atoms with Gasteiger partial charge in [0.1, 0.15) is 16.3 Å². The lowest BCUT2D eigenvalue weighted by molar-refractivity contribution is 0.0730. The molecule has 174 valence electrons. The fourth-order valence-corrected chi connectivity index (χ4v) is 5.31. The first-order valence-corrected chi connectivity index (χ1v) is 12.4. The number of pyridine rings is 1. The molecule has 0 amide bonds. The summed E-state index contributed by atoms with van der Waals surface area (Å²) in [6.45, 7) is 3.39. The van der Waals surface area contributed by atoms with Crippen LogP contribution in [-0.4, -0.2) is 64.7 Å². The quantitative estimate of drug-likeness (QED) is 0.402. The maximum absolute atomic E-state index is 12.7. The van der Waals surface area contributed by atoms with E-state index in [1.807, 2.05) is 6.92 Å². The molecule has 1 aliphatic heterocycles. The molecule has 3 heterocycles. The second-order valence-electron chi connectivity index (χ2n) is 7.12. The van der Waals surface area contributed by atoms with Gasteiger partial charge in [0.2, 0.25) is 10.0 Å². The topological polar surface area (TPSA) is 147 Å². The van der Waals surface area contributed by atoms with Crippen molar-refractivity contribution in [2.45, 2.75) is 29.8 Å². The number of ether oxygens (including phenoxy) is 1. The van der Waals surface area contributed by atoms with Crippen LogP contribution in [0.4, 0.5) is 5.82 Å². The molecule has 32 heavy (non-hydrogen) atoms. The van der Waals surface area contributed by atoms with Crippen LogP contribution in [0.3, 0.4) is 0 Å². The van der Waals surface area contributed by atoms with Crippen molar-refractivity contribution in [3.8, 4) is 0 Å². The second-order valence-corrected chi connectivity index (χ2v) is 10.1. The Hall–Kier alpha value is -2.48. The van der Waals surface area contributed by atoms with Gasteiger partial charge in [-0.3, -0.25) is 18.7 Å². The third kappa shape index (κ3) is 4.80. The van der Waals surface area contributed by atoms with Crippen LogP contribution in [0.1, 0.15) is 23.7 Å². The zero-order valence-electron chi connectivity index (χ0n) is 17.8. The summed E-state index contributed by atoms with van der Waals surface area (Å²) in [7, 11) is -2.36. The summed E-state index contributed by atoms with van der Waals surface area (Å²) in [4.78, 5) is 41.6. The Morgan fingerprint density at radius 2 is 1.94 bits per heavy atom. The van der Waals surface area contributed by atoms with Crippen LogP contribution in [0, 0.1) is 0 Å². The molecule has 1 saturated heterocycles. The SMILES string of the molecule is CCCn1c(N)c(C(=O)CSc2ccc(S(=O)(=O)N3CCOCC3)cn2)c(=O)n(C)c1=O. The van der Waals surface area contributed by atoms with E-state index in [-0.39, 0.29) is 41.7 Å². The highest BCUT2D eigenvalue weighted by Gasteiger charge is 2.27. The Labute approximate surface area is 189 Å². The van der Waals surface area contributed by atoms with Crippen LogP contribution in [0.2, 0.25) is 0 Å². The Balaban J connectivity index is 1.76. The molecule has 1 fully saturated rings. The van der Waals surface area contributed by atoms with Crippen LogP contribution in [-0.2, 0) is 28.4 Å². The highest BCUT2D eigenvalue weighted by molar-refractivity contribution is 7.99. The molecule has 1 aliphatic rings. The number of nitrogens with two attached hydrogens (primary N) is 1. The predicted molar refractivity (Wildman–Crippen MR) is 120 cm³/mol. The van der Waals surface area contributed by atoms with E-state index < -0.39 is 27.1 Å². The van der Waals surface area contributed by atoms with Gasteiger partial charge in [0.05, 0.1) is 24.0 Å². The first kappa shape index (κ1) is 24.2. The fraction of sp³-hybridized carbons (Fsp3) is 0.474. The molecular weight excluding hydrogens is 458 g/mol. The number of thioether (sulfide) groups is 1. The van der Waals surface area contributed by atoms with E-state index in [1.54, 1.807) is 0 Å². The molecule has 3 rings (SSSR count). The minimum Gasteiger partial charge on any atom is -0.384 e. The molecule has 0 spiro atoms. The lowest BCUT2D eigenvalue weighted by atomic mass is 10.2. The first-order chi connectivity index (χ1) is 15.2. The van der Waals surface area contributed by atoms with E-state index >= 15 is 0 Å². The maximum Gasteiger partial charge on any atom is 0.332 e. The second kappa shape index (κ2) is 9.98. The van der Waals surface area contributed by atoms with Crippen molar-refractivity contribution in [3.05, 3.63) is 44.7 Å². The molecule has 0 radical (unpaired) electrons. The number of carbonyl (C=O) groups excluding carboxylic acids is 1. The summed E-state index contributed by atoms with van der Waals surface area (Å²) in [6.07, 6.45) is 1.85. The van der Waals surface area contributed by atoms with Crippen LogP contribution in [0.15, 0.2) is 37.8 Å². The molecule has 0 bridgehead atoms. The number of morpholine rings is 1. The summed E-state index contributed by atoms with van der Waals surface area (Å²) < 4.78 is 33.9. The van der Waals surface area contributed by atoms with Crippen molar-refractivity contribution in [2.24, 2.45) is 7.05 Å². The number of hydrogen-bond donors (Lipinski definition) is 1. The number of Topliss-reactive ketones (excluding diaryl/α,β-unsaturated/α-hetero) is 1. The van der Waals surface area contributed by atoms with Gasteiger partial charge in [-0.15, -0.1) is 0 Å².